The molecule has 1 atom stereocenters. The van der Waals surface area contributed by atoms with Crippen molar-refractivity contribution >= 4 is 51.6 Å². The predicted molar refractivity (Wildman–Crippen MR) is 133 cm³/mol. The van der Waals surface area contributed by atoms with Crippen LogP contribution in [0, 0.1) is 0 Å². The highest BCUT2D eigenvalue weighted by molar-refractivity contribution is 14.0. The number of nitrogens with zero attached hydrogens (tertiary/aromatic N) is 2. The van der Waals surface area contributed by atoms with Crippen LogP contribution in [0.4, 0.5) is 5.69 Å². The Morgan fingerprint density at radius 1 is 1.17 bits per heavy atom. The van der Waals surface area contributed by atoms with Gasteiger partial charge in [0.1, 0.15) is 0 Å². The second kappa shape index (κ2) is 11.5. The van der Waals surface area contributed by atoms with Crippen molar-refractivity contribution in [3.05, 3.63) is 52.5 Å². The van der Waals surface area contributed by atoms with Crippen molar-refractivity contribution in [1.82, 2.24) is 10.6 Å². The summed E-state index contributed by atoms with van der Waals surface area (Å²) in [5.41, 5.74) is 2.25. The van der Waals surface area contributed by atoms with Gasteiger partial charge in [0.2, 0.25) is 0 Å². The lowest BCUT2D eigenvalue weighted by atomic mass is 10.2. The van der Waals surface area contributed by atoms with E-state index < -0.39 is 0 Å². The van der Waals surface area contributed by atoms with Gasteiger partial charge in [0.25, 0.3) is 0 Å². The Hall–Kier alpha value is -1.68. The maximum Gasteiger partial charge on any atom is 0.191 e. The number of aliphatic imine (C=N–C) groups is 1. The summed E-state index contributed by atoms with van der Waals surface area (Å²) in [6.07, 6.45) is 1.06. The average Bonchev–Trinajstić information content (AvgIpc) is 3.19. The molecule has 0 amide bonds. The smallest absolute Gasteiger partial charge is 0.191 e. The fraction of sp³-hybridized carbons (Fsp3) is 0.381. The fourth-order valence-electron chi connectivity index (χ4n) is 3.46. The molecule has 3 rings (SSSR count). The molecule has 1 fully saturated rings. The van der Waals surface area contributed by atoms with Gasteiger partial charge in [-0.15, -0.1) is 24.0 Å². The standard InChI is InChI=1S/C21H27BrN4O2.HI/c1-23-21(24-13-15-7-6-10-19(27-2)20(15)28-3)25-16-11-12-26(14-16)18-9-5-4-8-17(18)22;/h4-10,16H,11-14H2,1-3H3,(H2,23,24,25);1H. The minimum Gasteiger partial charge on any atom is -0.493 e. The van der Waals surface area contributed by atoms with Crippen molar-refractivity contribution in [3.63, 3.8) is 0 Å². The zero-order valence-electron chi connectivity index (χ0n) is 16.9. The van der Waals surface area contributed by atoms with E-state index in [-0.39, 0.29) is 24.0 Å². The summed E-state index contributed by atoms with van der Waals surface area (Å²) < 4.78 is 12.0. The van der Waals surface area contributed by atoms with Gasteiger partial charge >= 0.3 is 0 Å². The van der Waals surface area contributed by atoms with Crippen LogP contribution in [0.2, 0.25) is 0 Å². The first-order valence-corrected chi connectivity index (χ1v) is 10.1. The molecule has 0 bridgehead atoms. The molecule has 2 N–H and O–H groups in total. The van der Waals surface area contributed by atoms with Crippen LogP contribution < -0.4 is 25.0 Å². The Balaban J connectivity index is 0.00000300. The van der Waals surface area contributed by atoms with Crippen molar-refractivity contribution in [2.24, 2.45) is 4.99 Å². The Morgan fingerprint density at radius 2 is 1.97 bits per heavy atom. The zero-order valence-corrected chi connectivity index (χ0v) is 20.9. The number of hydrogen-bond donors (Lipinski definition) is 2. The molecule has 1 aliphatic heterocycles. The summed E-state index contributed by atoms with van der Waals surface area (Å²) in [5.74, 6) is 2.25. The second-order valence-electron chi connectivity index (χ2n) is 6.61. The molecule has 1 heterocycles. The maximum absolute atomic E-state index is 5.50. The molecule has 8 heteroatoms. The third-order valence-corrected chi connectivity index (χ3v) is 5.55. The molecule has 1 saturated heterocycles. The van der Waals surface area contributed by atoms with E-state index in [0.717, 1.165) is 47.0 Å². The Bertz CT molecular complexity index is 834. The Morgan fingerprint density at radius 3 is 2.66 bits per heavy atom. The second-order valence-corrected chi connectivity index (χ2v) is 7.46. The van der Waals surface area contributed by atoms with Gasteiger partial charge in [0.05, 0.1) is 19.9 Å². The van der Waals surface area contributed by atoms with Gasteiger partial charge in [-0.1, -0.05) is 24.3 Å². The molecule has 29 heavy (non-hydrogen) atoms. The molecule has 1 unspecified atom stereocenters. The highest BCUT2D eigenvalue weighted by Gasteiger charge is 2.24. The van der Waals surface area contributed by atoms with Crippen molar-refractivity contribution in [1.29, 1.82) is 0 Å². The predicted octanol–water partition coefficient (Wildman–Crippen LogP) is 4.03. The monoisotopic (exact) mass is 574 g/mol. The molecule has 0 radical (unpaired) electrons. The number of ether oxygens (including phenoxy) is 2. The number of hydrogen-bond acceptors (Lipinski definition) is 4. The Labute approximate surface area is 198 Å². The van der Waals surface area contributed by atoms with E-state index in [9.17, 15) is 0 Å². The van der Waals surface area contributed by atoms with E-state index in [0.29, 0.717) is 12.6 Å². The summed E-state index contributed by atoms with van der Waals surface area (Å²) in [4.78, 5) is 6.76. The minimum absolute atomic E-state index is 0. The highest BCUT2D eigenvalue weighted by Crippen LogP contribution is 2.31. The van der Waals surface area contributed by atoms with E-state index in [4.69, 9.17) is 9.47 Å². The van der Waals surface area contributed by atoms with E-state index in [1.54, 1.807) is 21.3 Å². The Kier molecular flexibility index (Phi) is 9.35. The van der Waals surface area contributed by atoms with Crippen LogP contribution in [0.5, 0.6) is 11.5 Å². The first-order valence-electron chi connectivity index (χ1n) is 9.32. The van der Waals surface area contributed by atoms with Gasteiger partial charge in [-0.05, 0) is 40.5 Å². The van der Waals surface area contributed by atoms with Crippen LogP contribution in [0.25, 0.3) is 0 Å². The molecule has 1 aliphatic rings. The maximum atomic E-state index is 5.50. The lowest BCUT2D eigenvalue weighted by Gasteiger charge is -2.21. The number of guanidine groups is 1. The topological polar surface area (TPSA) is 58.1 Å². The van der Waals surface area contributed by atoms with Crippen LogP contribution in [0.15, 0.2) is 51.9 Å². The number of halogens is 2. The molecule has 2 aromatic rings. The first-order chi connectivity index (χ1) is 13.7. The van der Waals surface area contributed by atoms with Gasteiger partial charge < -0.3 is 25.0 Å². The van der Waals surface area contributed by atoms with Gasteiger partial charge in [0.15, 0.2) is 17.5 Å². The molecule has 0 aliphatic carbocycles. The third kappa shape index (κ3) is 5.91. The summed E-state index contributed by atoms with van der Waals surface area (Å²) in [6, 6.07) is 14.6. The zero-order chi connectivity index (χ0) is 19.9. The van der Waals surface area contributed by atoms with Crippen molar-refractivity contribution in [3.8, 4) is 11.5 Å². The summed E-state index contributed by atoms with van der Waals surface area (Å²) in [6.45, 7) is 2.55. The third-order valence-electron chi connectivity index (χ3n) is 4.88. The number of rotatable bonds is 6. The normalized spacial score (nSPS) is 16.2. The van der Waals surface area contributed by atoms with Gasteiger partial charge in [-0.2, -0.15) is 0 Å². The molecule has 2 aromatic carbocycles. The van der Waals surface area contributed by atoms with Crippen LogP contribution in [-0.4, -0.2) is 46.4 Å². The van der Waals surface area contributed by atoms with E-state index in [1.807, 2.05) is 24.3 Å². The quantitative estimate of drug-likeness (QED) is 0.310. The summed E-state index contributed by atoms with van der Waals surface area (Å²) in [5, 5.41) is 6.91. The number of anilines is 1. The molecular formula is C21H28BrIN4O2. The average molecular weight is 575 g/mol. The lowest BCUT2D eigenvalue weighted by molar-refractivity contribution is 0.351. The minimum atomic E-state index is 0. The lowest BCUT2D eigenvalue weighted by Crippen LogP contribution is -2.44. The number of para-hydroxylation sites is 2. The molecule has 0 saturated carbocycles. The SMILES string of the molecule is CN=C(NCc1cccc(OC)c1OC)NC1CCN(c2ccccc2Br)C1.I. The van der Waals surface area contributed by atoms with Gasteiger partial charge in [-0.3, -0.25) is 4.99 Å². The van der Waals surface area contributed by atoms with Crippen molar-refractivity contribution in [2.45, 2.75) is 19.0 Å². The van der Waals surface area contributed by atoms with E-state index >= 15 is 0 Å². The van der Waals surface area contributed by atoms with Crippen LogP contribution in [0.1, 0.15) is 12.0 Å². The number of methoxy groups -OCH3 is 2. The molecule has 0 aromatic heterocycles. The van der Waals surface area contributed by atoms with Gasteiger partial charge in [0, 0.05) is 42.8 Å². The van der Waals surface area contributed by atoms with Gasteiger partial charge in [-0.25, -0.2) is 0 Å². The summed E-state index contributed by atoms with van der Waals surface area (Å²) in [7, 11) is 5.09. The highest BCUT2D eigenvalue weighted by atomic mass is 127. The van der Waals surface area contributed by atoms with Crippen molar-refractivity contribution < 1.29 is 9.47 Å². The van der Waals surface area contributed by atoms with E-state index in [2.05, 4.69) is 54.7 Å². The largest absolute Gasteiger partial charge is 0.493 e. The summed E-state index contributed by atoms with van der Waals surface area (Å²) >= 11 is 3.65. The number of benzene rings is 2. The van der Waals surface area contributed by atoms with Crippen molar-refractivity contribution in [2.75, 3.05) is 39.3 Å². The molecular weight excluding hydrogens is 547 g/mol. The number of nitrogens with one attached hydrogen (secondary N) is 2. The first kappa shape index (κ1) is 23.6. The molecule has 158 valence electrons. The van der Waals surface area contributed by atoms with Crippen LogP contribution >= 0.6 is 39.9 Å². The fourth-order valence-corrected chi connectivity index (χ4v) is 4.00. The molecule has 0 spiro atoms. The van der Waals surface area contributed by atoms with Crippen LogP contribution in [0.3, 0.4) is 0 Å². The van der Waals surface area contributed by atoms with E-state index in [1.165, 1.54) is 5.69 Å². The van der Waals surface area contributed by atoms with Crippen LogP contribution in [-0.2, 0) is 6.54 Å². The molecule has 6 nitrogen and oxygen atoms in total.